The quantitative estimate of drug-likeness (QED) is 0.686. The minimum absolute atomic E-state index is 0.360. The van der Waals surface area contributed by atoms with E-state index in [2.05, 4.69) is 55.7 Å². The fraction of sp³-hybridized carbons (Fsp3) is 0.316. The van der Waals surface area contributed by atoms with E-state index in [0.29, 0.717) is 12.6 Å². The van der Waals surface area contributed by atoms with Crippen molar-refractivity contribution in [2.45, 2.75) is 25.7 Å². The highest BCUT2D eigenvalue weighted by Crippen LogP contribution is 2.24. The van der Waals surface area contributed by atoms with Crippen LogP contribution in [-0.4, -0.2) is 27.6 Å². The summed E-state index contributed by atoms with van der Waals surface area (Å²) in [6.07, 6.45) is 5.83. The molecule has 0 fully saturated rings. The van der Waals surface area contributed by atoms with E-state index in [1.165, 1.54) is 11.3 Å². The lowest BCUT2D eigenvalue weighted by Crippen LogP contribution is -2.38. The molecular weight excluding hydrogens is 318 g/mol. The van der Waals surface area contributed by atoms with Crippen molar-refractivity contribution in [2.24, 2.45) is 0 Å². The van der Waals surface area contributed by atoms with Gasteiger partial charge in [0.15, 0.2) is 0 Å². The van der Waals surface area contributed by atoms with Gasteiger partial charge in [0.05, 0.1) is 19.3 Å². The number of fused-ring (bicyclic) bond motifs is 1. The normalized spacial score (nSPS) is 17.8. The molecule has 0 aromatic carbocycles. The molecule has 1 atom stereocenters. The summed E-state index contributed by atoms with van der Waals surface area (Å²) in [5.41, 5.74) is 3.89. The Balaban J connectivity index is 1.40. The molecule has 0 radical (unpaired) electrons. The summed E-state index contributed by atoms with van der Waals surface area (Å²) in [4.78, 5) is 6.65. The fourth-order valence-electron chi connectivity index (χ4n) is 3.29. The van der Waals surface area contributed by atoms with Crippen LogP contribution in [0.3, 0.4) is 0 Å². The lowest BCUT2D eigenvalue weighted by Gasteiger charge is -2.34. The minimum Gasteiger partial charge on any atom is -0.375 e. The van der Waals surface area contributed by atoms with Crippen LogP contribution in [0.25, 0.3) is 0 Å². The van der Waals surface area contributed by atoms with Crippen molar-refractivity contribution in [2.75, 3.05) is 13.2 Å². The molecule has 4 rings (SSSR count). The van der Waals surface area contributed by atoms with Crippen LogP contribution in [-0.2, 0) is 24.4 Å². The molecule has 4 nitrogen and oxygen atoms in total. The summed E-state index contributed by atoms with van der Waals surface area (Å²) < 4.78 is 8.35. The van der Waals surface area contributed by atoms with Crippen LogP contribution in [0.2, 0.25) is 0 Å². The number of thiophene rings is 1. The first-order chi connectivity index (χ1) is 11.9. The van der Waals surface area contributed by atoms with Crippen LogP contribution in [0.1, 0.15) is 22.9 Å². The monoisotopic (exact) mass is 339 g/mol. The Bertz CT molecular complexity index is 754. The third-order valence-corrected chi connectivity index (χ3v) is 5.13. The maximum atomic E-state index is 5.98. The first kappa shape index (κ1) is 15.6. The van der Waals surface area contributed by atoms with Crippen molar-refractivity contribution in [3.63, 3.8) is 0 Å². The predicted molar refractivity (Wildman–Crippen MR) is 95.8 cm³/mol. The number of pyridine rings is 1. The van der Waals surface area contributed by atoms with Crippen LogP contribution in [0.15, 0.2) is 59.7 Å². The Morgan fingerprint density at radius 3 is 3.04 bits per heavy atom. The standard InChI is InChI=1S/C19H21N3OS/c1-3-16(9-20-6-1)13-23-14-19-12-21(10-17-5-8-24-15-17)11-18-4-2-7-22(18)19/h1-9,15,19H,10-14H2. The van der Waals surface area contributed by atoms with Gasteiger partial charge >= 0.3 is 0 Å². The van der Waals surface area contributed by atoms with Gasteiger partial charge in [-0.1, -0.05) is 6.07 Å². The lowest BCUT2D eigenvalue weighted by atomic mass is 10.1. The molecule has 0 spiro atoms. The van der Waals surface area contributed by atoms with Gasteiger partial charge in [-0.15, -0.1) is 0 Å². The van der Waals surface area contributed by atoms with E-state index in [-0.39, 0.29) is 0 Å². The van der Waals surface area contributed by atoms with Crippen LogP contribution in [0.4, 0.5) is 0 Å². The maximum Gasteiger partial charge on any atom is 0.0732 e. The Labute approximate surface area is 146 Å². The molecule has 0 saturated carbocycles. The zero-order chi connectivity index (χ0) is 16.2. The molecule has 1 aliphatic heterocycles. The summed E-state index contributed by atoms with van der Waals surface area (Å²) >= 11 is 1.77. The average Bonchev–Trinajstić information content (AvgIpc) is 3.27. The van der Waals surface area contributed by atoms with E-state index in [0.717, 1.165) is 31.8 Å². The molecule has 3 aromatic heterocycles. The largest absolute Gasteiger partial charge is 0.375 e. The summed E-state index contributed by atoms with van der Waals surface area (Å²) in [6, 6.07) is 10.9. The second kappa shape index (κ2) is 7.30. The first-order valence-corrected chi connectivity index (χ1v) is 9.18. The molecule has 1 aliphatic rings. The molecule has 5 heteroatoms. The van der Waals surface area contributed by atoms with E-state index in [1.54, 1.807) is 17.5 Å². The second-order valence-corrected chi connectivity index (χ2v) is 7.02. The van der Waals surface area contributed by atoms with Crippen LogP contribution in [0, 0.1) is 0 Å². The van der Waals surface area contributed by atoms with Gasteiger partial charge in [-0.3, -0.25) is 9.88 Å². The van der Waals surface area contributed by atoms with Gasteiger partial charge in [-0.05, 0) is 46.2 Å². The number of ether oxygens (including phenoxy) is 1. The van der Waals surface area contributed by atoms with Crippen molar-refractivity contribution >= 4 is 11.3 Å². The topological polar surface area (TPSA) is 30.3 Å². The molecule has 0 aliphatic carbocycles. The summed E-state index contributed by atoms with van der Waals surface area (Å²) in [6.45, 7) is 4.36. The molecule has 0 N–H and O–H groups in total. The molecule has 0 bridgehead atoms. The van der Waals surface area contributed by atoms with Gasteiger partial charge in [0, 0.05) is 43.9 Å². The zero-order valence-corrected chi connectivity index (χ0v) is 14.4. The molecule has 1 unspecified atom stereocenters. The summed E-state index contributed by atoms with van der Waals surface area (Å²) in [7, 11) is 0. The summed E-state index contributed by atoms with van der Waals surface area (Å²) in [5.74, 6) is 0. The van der Waals surface area contributed by atoms with Crippen molar-refractivity contribution in [1.29, 1.82) is 0 Å². The number of nitrogens with zero attached hydrogens (tertiary/aromatic N) is 3. The molecule has 0 amide bonds. The van der Waals surface area contributed by atoms with Gasteiger partial charge < -0.3 is 9.30 Å². The van der Waals surface area contributed by atoms with Gasteiger partial charge in [0.1, 0.15) is 0 Å². The van der Waals surface area contributed by atoms with E-state index in [1.807, 2.05) is 12.3 Å². The number of hydrogen-bond donors (Lipinski definition) is 0. The van der Waals surface area contributed by atoms with Gasteiger partial charge in [0.25, 0.3) is 0 Å². The molecular formula is C19H21N3OS. The Hall–Kier alpha value is -1.95. The summed E-state index contributed by atoms with van der Waals surface area (Å²) in [5, 5.41) is 4.39. The molecule has 4 heterocycles. The highest BCUT2D eigenvalue weighted by molar-refractivity contribution is 7.07. The van der Waals surface area contributed by atoms with E-state index >= 15 is 0 Å². The Morgan fingerprint density at radius 1 is 1.21 bits per heavy atom. The molecule has 24 heavy (non-hydrogen) atoms. The van der Waals surface area contributed by atoms with E-state index < -0.39 is 0 Å². The average molecular weight is 339 g/mol. The SMILES string of the molecule is c1cncc(COCC2CN(Cc3ccsc3)Cc3cccn32)c1. The zero-order valence-electron chi connectivity index (χ0n) is 13.5. The smallest absolute Gasteiger partial charge is 0.0732 e. The van der Waals surface area contributed by atoms with Crippen molar-refractivity contribution < 1.29 is 4.74 Å². The van der Waals surface area contributed by atoms with E-state index in [9.17, 15) is 0 Å². The molecule has 124 valence electrons. The van der Waals surface area contributed by atoms with Crippen molar-refractivity contribution in [1.82, 2.24) is 14.5 Å². The van der Waals surface area contributed by atoms with E-state index in [4.69, 9.17) is 4.74 Å². The third-order valence-electron chi connectivity index (χ3n) is 4.40. The second-order valence-electron chi connectivity index (χ2n) is 6.24. The van der Waals surface area contributed by atoms with Crippen molar-refractivity contribution in [3.05, 3.63) is 76.5 Å². The Kier molecular flexibility index (Phi) is 4.74. The van der Waals surface area contributed by atoms with Gasteiger partial charge in [-0.25, -0.2) is 0 Å². The third kappa shape index (κ3) is 3.59. The number of rotatable bonds is 6. The van der Waals surface area contributed by atoms with Gasteiger partial charge in [-0.2, -0.15) is 11.3 Å². The predicted octanol–water partition coefficient (Wildman–Crippen LogP) is 3.72. The van der Waals surface area contributed by atoms with Gasteiger partial charge in [0.2, 0.25) is 0 Å². The molecule has 3 aromatic rings. The molecule has 0 saturated heterocycles. The lowest BCUT2D eigenvalue weighted by molar-refractivity contribution is 0.0587. The number of hydrogen-bond acceptors (Lipinski definition) is 4. The highest BCUT2D eigenvalue weighted by Gasteiger charge is 2.24. The first-order valence-electron chi connectivity index (χ1n) is 8.24. The maximum absolute atomic E-state index is 5.98. The van der Waals surface area contributed by atoms with Crippen LogP contribution >= 0.6 is 11.3 Å². The Morgan fingerprint density at radius 2 is 2.21 bits per heavy atom. The minimum atomic E-state index is 0.360. The van der Waals surface area contributed by atoms with Crippen molar-refractivity contribution in [3.8, 4) is 0 Å². The van der Waals surface area contributed by atoms with Crippen LogP contribution in [0.5, 0.6) is 0 Å². The highest BCUT2D eigenvalue weighted by atomic mass is 32.1. The number of aromatic nitrogens is 2. The fourth-order valence-corrected chi connectivity index (χ4v) is 3.95. The van der Waals surface area contributed by atoms with Crippen LogP contribution < -0.4 is 0 Å².